The Hall–Kier alpha value is -2.43. The Labute approximate surface area is 110 Å². The van der Waals surface area contributed by atoms with Gasteiger partial charge in [-0.05, 0) is 25.0 Å². The maximum Gasteiger partial charge on any atom is 0.286 e. The Morgan fingerprint density at radius 2 is 1.84 bits per heavy atom. The standard InChI is InChI=1S/C14H14N2O3/c1-9-4-5-12(10(2)6-9)13-7-11(16(18)19)8-15(3)14(13)17/h4-8H,1-3H3. The first-order valence-corrected chi connectivity index (χ1v) is 5.83. The zero-order valence-corrected chi connectivity index (χ0v) is 11.0. The molecule has 19 heavy (non-hydrogen) atoms. The second-order valence-corrected chi connectivity index (χ2v) is 4.60. The number of benzene rings is 1. The van der Waals surface area contributed by atoms with Crippen molar-refractivity contribution in [3.05, 3.63) is 62.1 Å². The minimum absolute atomic E-state index is 0.0860. The van der Waals surface area contributed by atoms with Crippen molar-refractivity contribution < 1.29 is 4.92 Å². The molecule has 0 aliphatic carbocycles. The van der Waals surface area contributed by atoms with Gasteiger partial charge in [-0.25, -0.2) is 0 Å². The lowest BCUT2D eigenvalue weighted by atomic mass is 9.99. The van der Waals surface area contributed by atoms with Gasteiger partial charge in [0.05, 0.1) is 16.7 Å². The van der Waals surface area contributed by atoms with Gasteiger partial charge < -0.3 is 4.57 Å². The Bertz CT molecular complexity index is 717. The monoisotopic (exact) mass is 258 g/mol. The van der Waals surface area contributed by atoms with Crippen LogP contribution in [0.25, 0.3) is 11.1 Å². The molecule has 0 aliphatic heterocycles. The van der Waals surface area contributed by atoms with Gasteiger partial charge in [-0.3, -0.25) is 14.9 Å². The van der Waals surface area contributed by atoms with Crippen molar-refractivity contribution in [1.82, 2.24) is 4.57 Å². The second-order valence-electron chi connectivity index (χ2n) is 4.60. The van der Waals surface area contributed by atoms with E-state index in [9.17, 15) is 14.9 Å². The van der Waals surface area contributed by atoms with Gasteiger partial charge in [0.15, 0.2) is 0 Å². The lowest BCUT2D eigenvalue weighted by Gasteiger charge is -2.08. The molecule has 0 amide bonds. The van der Waals surface area contributed by atoms with Gasteiger partial charge in [0.2, 0.25) is 0 Å². The molecule has 0 atom stereocenters. The van der Waals surface area contributed by atoms with E-state index < -0.39 is 4.92 Å². The van der Waals surface area contributed by atoms with Gasteiger partial charge in [0, 0.05) is 13.1 Å². The number of hydrogen-bond acceptors (Lipinski definition) is 3. The van der Waals surface area contributed by atoms with Crippen LogP contribution in [0, 0.1) is 24.0 Å². The van der Waals surface area contributed by atoms with Crippen LogP contribution in [0.2, 0.25) is 0 Å². The molecular formula is C14H14N2O3. The molecule has 0 N–H and O–H groups in total. The fourth-order valence-electron chi connectivity index (χ4n) is 2.10. The maximum atomic E-state index is 12.1. The summed E-state index contributed by atoms with van der Waals surface area (Å²) in [7, 11) is 1.52. The van der Waals surface area contributed by atoms with Crippen molar-refractivity contribution >= 4 is 5.69 Å². The quantitative estimate of drug-likeness (QED) is 0.614. The molecule has 5 heteroatoms. The number of pyridine rings is 1. The zero-order chi connectivity index (χ0) is 14.2. The number of nitrogens with zero attached hydrogens (tertiary/aromatic N) is 2. The van der Waals surface area contributed by atoms with E-state index in [0.717, 1.165) is 16.7 Å². The van der Waals surface area contributed by atoms with Crippen LogP contribution in [0.1, 0.15) is 11.1 Å². The molecule has 0 saturated carbocycles. The predicted molar refractivity (Wildman–Crippen MR) is 73.2 cm³/mol. The van der Waals surface area contributed by atoms with Crippen molar-refractivity contribution in [3.63, 3.8) is 0 Å². The minimum Gasteiger partial charge on any atom is -0.311 e. The third-order valence-electron chi connectivity index (χ3n) is 3.05. The van der Waals surface area contributed by atoms with E-state index in [1.54, 1.807) is 0 Å². The van der Waals surface area contributed by atoms with Crippen LogP contribution < -0.4 is 5.56 Å². The van der Waals surface area contributed by atoms with E-state index in [4.69, 9.17) is 0 Å². The molecule has 1 aromatic carbocycles. The highest BCUT2D eigenvalue weighted by atomic mass is 16.6. The smallest absolute Gasteiger partial charge is 0.286 e. The van der Waals surface area contributed by atoms with Crippen LogP contribution in [0.4, 0.5) is 5.69 Å². The average molecular weight is 258 g/mol. The van der Waals surface area contributed by atoms with E-state index >= 15 is 0 Å². The number of aromatic nitrogens is 1. The van der Waals surface area contributed by atoms with Crippen molar-refractivity contribution in [2.45, 2.75) is 13.8 Å². The summed E-state index contributed by atoms with van der Waals surface area (Å²) in [5.41, 5.74) is 2.78. The van der Waals surface area contributed by atoms with E-state index in [0.29, 0.717) is 5.56 Å². The van der Waals surface area contributed by atoms with Crippen molar-refractivity contribution in [2.24, 2.45) is 7.05 Å². The first-order chi connectivity index (χ1) is 8.90. The largest absolute Gasteiger partial charge is 0.311 e. The fourth-order valence-corrected chi connectivity index (χ4v) is 2.10. The Morgan fingerprint density at radius 3 is 2.42 bits per heavy atom. The third kappa shape index (κ3) is 2.40. The summed E-state index contributed by atoms with van der Waals surface area (Å²) in [5, 5.41) is 10.9. The first-order valence-electron chi connectivity index (χ1n) is 5.83. The molecule has 0 bridgehead atoms. The molecule has 1 aromatic heterocycles. The SMILES string of the molecule is Cc1ccc(-c2cc([N+](=O)[O-])cn(C)c2=O)c(C)c1. The first kappa shape index (κ1) is 13.0. The Kier molecular flexibility index (Phi) is 3.21. The molecular weight excluding hydrogens is 244 g/mol. The van der Waals surface area contributed by atoms with Gasteiger partial charge >= 0.3 is 0 Å². The minimum atomic E-state index is -0.494. The highest BCUT2D eigenvalue weighted by molar-refractivity contribution is 5.68. The highest BCUT2D eigenvalue weighted by Crippen LogP contribution is 2.24. The Balaban J connectivity index is 2.74. The molecule has 0 radical (unpaired) electrons. The van der Waals surface area contributed by atoms with Crippen molar-refractivity contribution in [1.29, 1.82) is 0 Å². The molecule has 0 saturated heterocycles. The van der Waals surface area contributed by atoms with Gasteiger partial charge in [-0.1, -0.05) is 23.8 Å². The second kappa shape index (κ2) is 4.68. The van der Waals surface area contributed by atoms with Crippen molar-refractivity contribution in [2.75, 3.05) is 0 Å². The lowest BCUT2D eigenvalue weighted by Crippen LogP contribution is -2.18. The summed E-state index contributed by atoms with van der Waals surface area (Å²) in [5.74, 6) is 0. The van der Waals surface area contributed by atoms with Gasteiger partial charge in [-0.2, -0.15) is 0 Å². The van der Waals surface area contributed by atoms with E-state index in [1.807, 2.05) is 32.0 Å². The van der Waals surface area contributed by atoms with Crippen LogP contribution in [-0.4, -0.2) is 9.49 Å². The number of aryl methyl sites for hydroxylation is 3. The van der Waals surface area contributed by atoms with Crippen LogP contribution >= 0.6 is 0 Å². The number of hydrogen-bond donors (Lipinski definition) is 0. The van der Waals surface area contributed by atoms with Crippen LogP contribution in [0.5, 0.6) is 0 Å². The molecule has 2 rings (SSSR count). The average Bonchev–Trinajstić information content (AvgIpc) is 2.33. The predicted octanol–water partition coefficient (Wildman–Crippen LogP) is 2.58. The van der Waals surface area contributed by atoms with Gasteiger partial charge in [0.25, 0.3) is 11.2 Å². The third-order valence-corrected chi connectivity index (χ3v) is 3.05. The Morgan fingerprint density at radius 1 is 1.16 bits per heavy atom. The molecule has 0 aliphatic rings. The highest BCUT2D eigenvalue weighted by Gasteiger charge is 2.14. The van der Waals surface area contributed by atoms with Gasteiger partial charge in [0.1, 0.15) is 0 Å². The summed E-state index contributed by atoms with van der Waals surface area (Å²) < 4.78 is 1.24. The number of nitro groups is 1. The molecule has 0 fully saturated rings. The van der Waals surface area contributed by atoms with Crippen LogP contribution in [0.15, 0.2) is 35.3 Å². The fraction of sp³-hybridized carbons (Fsp3) is 0.214. The summed E-state index contributed by atoms with van der Waals surface area (Å²) in [6, 6.07) is 7.00. The van der Waals surface area contributed by atoms with Crippen LogP contribution in [0.3, 0.4) is 0 Å². The lowest BCUT2D eigenvalue weighted by molar-refractivity contribution is -0.385. The molecule has 2 aromatic rings. The van der Waals surface area contributed by atoms with Gasteiger partial charge in [-0.15, -0.1) is 0 Å². The maximum absolute atomic E-state index is 12.1. The van der Waals surface area contributed by atoms with E-state index in [-0.39, 0.29) is 11.2 Å². The molecule has 0 unspecified atom stereocenters. The number of rotatable bonds is 2. The van der Waals surface area contributed by atoms with Crippen molar-refractivity contribution in [3.8, 4) is 11.1 Å². The molecule has 98 valence electrons. The summed E-state index contributed by atoms with van der Waals surface area (Å²) in [4.78, 5) is 22.5. The summed E-state index contributed by atoms with van der Waals surface area (Å²) in [6.45, 7) is 3.85. The summed E-state index contributed by atoms with van der Waals surface area (Å²) in [6.07, 6.45) is 1.23. The molecule has 0 spiro atoms. The molecule has 5 nitrogen and oxygen atoms in total. The normalized spacial score (nSPS) is 10.5. The van der Waals surface area contributed by atoms with Crippen LogP contribution in [-0.2, 0) is 7.05 Å². The zero-order valence-electron chi connectivity index (χ0n) is 11.0. The van der Waals surface area contributed by atoms with E-state index in [1.165, 1.54) is 23.9 Å². The molecule has 1 heterocycles. The summed E-state index contributed by atoms with van der Waals surface area (Å²) >= 11 is 0. The topological polar surface area (TPSA) is 65.1 Å². The van der Waals surface area contributed by atoms with E-state index in [2.05, 4.69) is 0 Å².